The van der Waals surface area contributed by atoms with Crippen molar-refractivity contribution < 1.29 is 14.0 Å². The number of carbonyl (C=O) groups is 2. The Balaban J connectivity index is 1.38. The molecule has 0 spiro atoms. The molecule has 2 amide bonds. The van der Waals surface area contributed by atoms with Crippen LogP contribution in [0, 0.1) is 18.2 Å². The minimum absolute atomic E-state index is 0.106. The fourth-order valence-electron chi connectivity index (χ4n) is 3.71. The van der Waals surface area contributed by atoms with Gasteiger partial charge in [-0.15, -0.1) is 0 Å². The first-order chi connectivity index (χ1) is 13.5. The highest BCUT2D eigenvalue weighted by atomic mass is 19.1. The van der Waals surface area contributed by atoms with Crippen LogP contribution in [0.4, 0.5) is 15.8 Å². The molecule has 0 bridgehead atoms. The number of para-hydroxylation sites is 1. The van der Waals surface area contributed by atoms with Crippen LogP contribution in [0.1, 0.15) is 18.4 Å². The van der Waals surface area contributed by atoms with Crippen LogP contribution in [0.2, 0.25) is 0 Å². The van der Waals surface area contributed by atoms with Crippen LogP contribution >= 0.6 is 0 Å². The lowest BCUT2D eigenvalue weighted by molar-refractivity contribution is -0.142. The Kier molecular flexibility index (Phi) is 4.79. The summed E-state index contributed by atoms with van der Waals surface area (Å²) >= 11 is 0. The van der Waals surface area contributed by atoms with E-state index < -0.39 is 5.41 Å². The van der Waals surface area contributed by atoms with Gasteiger partial charge in [-0.3, -0.25) is 9.59 Å². The maximum absolute atomic E-state index is 14.0. The number of carbonyl (C=O) groups excluding carboxylic acids is 2. The first kappa shape index (κ1) is 18.5. The molecule has 146 valence electrons. The van der Waals surface area contributed by atoms with Crippen molar-refractivity contribution in [3.8, 4) is 0 Å². The Bertz CT molecular complexity index is 885. The summed E-state index contributed by atoms with van der Waals surface area (Å²) in [5.41, 5.74) is 1.44. The van der Waals surface area contributed by atoms with Crippen molar-refractivity contribution in [2.75, 3.05) is 36.4 Å². The predicted octanol–water partition coefficient (Wildman–Crippen LogP) is 3.20. The van der Waals surface area contributed by atoms with E-state index in [4.69, 9.17) is 0 Å². The molecule has 0 atom stereocenters. The molecule has 2 aromatic carbocycles. The molecule has 1 N–H and O–H groups in total. The maximum atomic E-state index is 14.0. The van der Waals surface area contributed by atoms with Crippen molar-refractivity contribution in [2.45, 2.75) is 19.8 Å². The van der Waals surface area contributed by atoms with Crippen LogP contribution in [0.3, 0.4) is 0 Å². The highest BCUT2D eigenvalue weighted by molar-refractivity contribution is 6.13. The first-order valence-corrected chi connectivity index (χ1v) is 9.67. The van der Waals surface area contributed by atoms with E-state index in [0.29, 0.717) is 50.4 Å². The second kappa shape index (κ2) is 7.26. The van der Waals surface area contributed by atoms with Crippen LogP contribution in [-0.4, -0.2) is 42.9 Å². The van der Waals surface area contributed by atoms with Gasteiger partial charge in [-0.25, -0.2) is 4.39 Å². The quantitative estimate of drug-likeness (QED) is 0.828. The Morgan fingerprint density at radius 3 is 2.21 bits per heavy atom. The number of hydrogen-bond donors (Lipinski definition) is 1. The number of amides is 2. The zero-order valence-electron chi connectivity index (χ0n) is 16.0. The van der Waals surface area contributed by atoms with Gasteiger partial charge in [0, 0.05) is 31.9 Å². The van der Waals surface area contributed by atoms with E-state index in [0.717, 1.165) is 5.56 Å². The van der Waals surface area contributed by atoms with E-state index in [1.54, 1.807) is 17.0 Å². The van der Waals surface area contributed by atoms with Crippen molar-refractivity contribution in [1.29, 1.82) is 0 Å². The highest BCUT2D eigenvalue weighted by Gasteiger charge is 2.58. The van der Waals surface area contributed by atoms with Gasteiger partial charge >= 0.3 is 0 Å². The Morgan fingerprint density at radius 1 is 0.964 bits per heavy atom. The smallest absolute Gasteiger partial charge is 0.240 e. The zero-order valence-corrected chi connectivity index (χ0v) is 16.0. The van der Waals surface area contributed by atoms with Gasteiger partial charge in [0.15, 0.2) is 0 Å². The molecule has 1 aliphatic carbocycles. The SMILES string of the molecule is Cc1ccc(NC(=O)C2(C(=O)N3CCN(c4ccccc4F)CC3)CC2)cc1. The monoisotopic (exact) mass is 381 g/mol. The summed E-state index contributed by atoms with van der Waals surface area (Å²) in [6.07, 6.45) is 1.16. The number of rotatable bonds is 4. The van der Waals surface area contributed by atoms with Gasteiger partial charge < -0.3 is 15.1 Å². The minimum atomic E-state index is -0.939. The van der Waals surface area contributed by atoms with Crippen LogP contribution in [0.25, 0.3) is 0 Å². The Morgan fingerprint density at radius 2 is 1.61 bits per heavy atom. The standard InChI is InChI=1S/C22H24FN3O2/c1-16-6-8-17(9-7-16)24-20(27)22(10-11-22)21(28)26-14-12-25(13-15-26)19-5-3-2-4-18(19)23/h2-9H,10-15H2,1H3,(H,24,27). The molecule has 2 aromatic rings. The van der Waals surface area contributed by atoms with Crippen LogP contribution in [0.15, 0.2) is 48.5 Å². The minimum Gasteiger partial charge on any atom is -0.366 e. The summed E-state index contributed by atoms with van der Waals surface area (Å²) in [5.74, 6) is -0.582. The van der Waals surface area contributed by atoms with E-state index >= 15 is 0 Å². The molecule has 0 aromatic heterocycles. The van der Waals surface area contributed by atoms with Gasteiger partial charge in [0.1, 0.15) is 11.2 Å². The molecule has 1 saturated heterocycles. The molecule has 28 heavy (non-hydrogen) atoms. The third-order valence-electron chi connectivity index (χ3n) is 5.66. The molecule has 4 rings (SSSR count). The van der Waals surface area contributed by atoms with Crippen molar-refractivity contribution in [3.63, 3.8) is 0 Å². The van der Waals surface area contributed by atoms with Crippen LogP contribution in [-0.2, 0) is 9.59 Å². The van der Waals surface area contributed by atoms with Crippen molar-refractivity contribution in [2.24, 2.45) is 5.41 Å². The normalized spacial score (nSPS) is 17.9. The maximum Gasteiger partial charge on any atom is 0.240 e. The Hall–Kier alpha value is -2.89. The number of halogens is 1. The van der Waals surface area contributed by atoms with Crippen molar-refractivity contribution >= 4 is 23.2 Å². The lowest BCUT2D eigenvalue weighted by Gasteiger charge is -2.37. The molecule has 2 fully saturated rings. The van der Waals surface area contributed by atoms with E-state index in [1.807, 2.05) is 42.2 Å². The predicted molar refractivity (Wildman–Crippen MR) is 107 cm³/mol. The van der Waals surface area contributed by atoms with Crippen molar-refractivity contribution in [3.05, 3.63) is 59.9 Å². The van der Waals surface area contributed by atoms with Gasteiger partial charge in [-0.1, -0.05) is 29.8 Å². The first-order valence-electron chi connectivity index (χ1n) is 9.67. The summed E-state index contributed by atoms with van der Waals surface area (Å²) in [7, 11) is 0. The second-order valence-corrected chi connectivity index (χ2v) is 7.63. The average molecular weight is 381 g/mol. The van der Waals surface area contributed by atoms with Gasteiger partial charge in [-0.05, 0) is 44.0 Å². The molecule has 6 heteroatoms. The van der Waals surface area contributed by atoms with Gasteiger partial charge in [0.05, 0.1) is 5.69 Å². The van der Waals surface area contributed by atoms with Crippen molar-refractivity contribution in [1.82, 2.24) is 4.90 Å². The van der Waals surface area contributed by atoms with E-state index in [2.05, 4.69) is 5.32 Å². The lowest BCUT2D eigenvalue weighted by atomic mass is 10.0. The fourth-order valence-corrected chi connectivity index (χ4v) is 3.71. The molecule has 2 aliphatic rings. The highest BCUT2D eigenvalue weighted by Crippen LogP contribution is 2.48. The lowest BCUT2D eigenvalue weighted by Crippen LogP contribution is -2.52. The zero-order chi connectivity index (χ0) is 19.7. The summed E-state index contributed by atoms with van der Waals surface area (Å²) in [6.45, 7) is 4.09. The molecule has 1 saturated carbocycles. The number of nitrogens with one attached hydrogen (secondary N) is 1. The second-order valence-electron chi connectivity index (χ2n) is 7.63. The number of aryl methyl sites for hydroxylation is 1. The van der Waals surface area contributed by atoms with E-state index in [-0.39, 0.29) is 17.6 Å². The summed E-state index contributed by atoms with van der Waals surface area (Å²) in [5, 5.41) is 2.89. The topological polar surface area (TPSA) is 52.7 Å². The molecular formula is C22H24FN3O2. The molecule has 1 heterocycles. The summed E-state index contributed by atoms with van der Waals surface area (Å²) in [6, 6.07) is 14.2. The third kappa shape index (κ3) is 3.46. The molecule has 0 unspecified atom stereocenters. The fraction of sp³-hybridized carbons (Fsp3) is 0.364. The summed E-state index contributed by atoms with van der Waals surface area (Å²) in [4.78, 5) is 29.5. The Labute approximate surface area is 164 Å². The summed E-state index contributed by atoms with van der Waals surface area (Å²) < 4.78 is 14.0. The van der Waals surface area contributed by atoms with E-state index in [9.17, 15) is 14.0 Å². The van der Waals surface area contributed by atoms with Gasteiger partial charge in [-0.2, -0.15) is 0 Å². The number of hydrogen-bond acceptors (Lipinski definition) is 3. The molecular weight excluding hydrogens is 357 g/mol. The number of piperazine rings is 1. The molecule has 0 radical (unpaired) electrons. The largest absolute Gasteiger partial charge is 0.366 e. The van der Waals surface area contributed by atoms with Gasteiger partial charge in [0.25, 0.3) is 0 Å². The van der Waals surface area contributed by atoms with E-state index in [1.165, 1.54) is 6.07 Å². The van der Waals surface area contributed by atoms with Gasteiger partial charge in [0.2, 0.25) is 11.8 Å². The molecule has 5 nitrogen and oxygen atoms in total. The number of nitrogens with zero attached hydrogens (tertiary/aromatic N) is 2. The van der Waals surface area contributed by atoms with Crippen LogP contribution in [0.5, 0.6) is 0 Å². The third-order valence-corrected chi connectivity index (χ3v) is 5.66. The number of anilines is 2. The van der Waals surface area contributed by atoms with Crippen LogP contribution < -0.4 is 10.2 Å². The molecule has 1 aliphatic heterocycles. The average Bonchev–Trinajstić information content (AvgIpc) is 3.52. The number of benzene rings is 2.